The molecule has 138 valence electrons. The number of benzene rings is 1. The van der Waals surface area contributed by atoms with E-state index in [1.807, 2.05) is 32.9 Å². The minimum atomic E-state index is -0.0786. The van der Waals surface area contributed by atoms with Gasteiger partial charge >= 0.3 is 0 Å². The molecule has 1 aromatic heterocycles. The predicted octanol–water partition coefficient (Wildman–Crippen LogP) is 3.29. The fourth-order valence-corrected chi connectivity index (χ4v) is 3.98. The quantitative estimate of drug-likeness (QED) is 0.812. The van der Waals surface area contributed by atoms with Crippen molar-refractivity contribution in [1.82, 2.24) is 10.5 Å². The van der Waals surface area contributed by atoms with E-state index < -0.39 is 0 Å². The number of hydrogen-bond acceptors (Lipinski definition) is 5. The SMILES string of the molecule is Cc1noc(C)c1CSCC(=O)N[C@H](C)c1ccc2c(c1)CCC(=O)N2. The highest BCUT2D eigenvalue weighted by molar-refractivity contribution is 7.99. The van der Waals surface area contributed by atoms with Crippen LogP contribution in [0.25, 0.3) is 0 Å². The minimum absolute atomic E-state index is 0.000263. The van der Waals surface area contributed by atoms with Crippen LogP contribution in [-0.4, -0.2) is 22.7 Å². The molecular formula is C19H23N3O3S. The molecule has 2 N–H and O–H groups in total. The lowest BCUT2D eigenvalue weighted by atomic mass is 9.98. The zero-order chi connectivity index (χ0) is 18.7. The molecule has 0 bridgehead atoms. The molecule has 1 atom stereocenters. The van der Waals surface area contributed by atoms with Gasteiger partial charge in [0, 0.05) is 23.4 Å². The fourth-order valence-electron chi connectivity index (χ4n) is 2.99. The lowest BCUT2D eigenvalue weighted by Crippen LogP contribution is -2.28. The summed E-state index contributed by atoms with van der Waals surface area (Å²) in [5.74, 6) is 1.96. The monoisotopic (exact) mass is 373 g/mol. The first-order chi connectivity index (χ1) is 12.4. The molecule has 1 aromatic carbocycles. The van der Waals surface area contributed by atoms with Gasteiger partial charge < -0.3 is 15.2 Å². The van der Waals surface area contributed by atoms with Crippen LogP contribution in [0.2, 0.25) is 0 Å². The number of nitrogens with one attached hydrogen (secondary N) is 2. The second-order valence-electron chi connectivity index (χ2n) is 6.55. The average molecular weight is 373 g/mol. The van der Waals surface area contributed by atoms with Gasteiger partial charge in [-0.1, -0.05) is 17.3 Å². The largest absolute Gasteiger partial charge is 0.361 e. The van der Waals surface area contributed by atoms with E-state index in [0.717, 1.165) is 40.3 Å². The topological polar surface area (TPSA) is 84.2 Å². The Morgan fingerprint density at radius 3 is 2.92 bits per heavy atom. The van der Waals surface area contributed by atoms with Gasteiger partial charge in [-0.15, -0.1) is 11.8 Å². The van der Waals surface area contributed by atoms with Crippen molar-refractivity contribution >= 4 is 29.3 Å². The van der Waals surface area contributed by atoms with Crippen LogP contribution in [0.15, 0.2) is 22.7 Å². The third-order valence-electron chi connectivity index (χ3n) is 4.56. The van der Waals surface area contributed by atoms with Crippen LogP contribution in [0.5, 0.6) is 0 Å². The maximum Gasteiger partial charge on any atom is 0.230 e. The average Bonchev–Trinajstić information content (AvgIpc) is 2.93. The molecule has 0 radical (unpaired) electrons. The summed E-state index contributed by atoms with van der Waals surface area (Å²) in [5.41, 5.74) is 4.98. The minimum Gasteiger partial charge on any atom is -0.361 e. The van der Waals surface area contributed by atoms with Crippen molar-refractivity contribution in [3.8, 4) is 0 Å². The Bertz CT molecular complexity index is 812. The maximum atomic E-state index is 12.2. The molecular weight excluding hydrogens is 350 g/mol. The van der Waals surface area contributed by atoms with Crippen molar-refractivity contribution in [3.63, 3.8) is 0 Å². The number of rotatable bonds is 6. The first-order valence-corrected chi connectivity index (χ1v) is 9.81. The van der Waals surface area contributed by atoms with E-state index in [1.165, 1.54) is 0 Å². The third-order valence-corrected chi connectivity index (χ3v) is 5.52. The second-order valence-corrected chi connectivity index (χ2v) is 7.54. The molecule has 1 aliphatic rings. The number of nitrogens with zero attached hydrogens (tertiary/aromatic N) is 1. The van der Waals surface area contributed by atoms with Crippen LogP contribution in [-0.2, 0) is 21.8 Å². The van der Waals surface area contributed by atoms with Crippen LogP contribution < -0.4 is 10.6 Å². The summed E-state index contributed by atoms with van der Waals surface area (Å²) in [6, 6.07) is 5.85. The summed E-state index contributed by atoms with van der Waals surface area (Å²) in [5, 5.41) is 9.84. The van der Waals surface area contributed by atoms with Crippen LogP contribution >= 0.6 is 11.8 Å². The van der Waals surface area contributed by atoms with Gasteiger partial charge in [0.15, 0.2) is 0 Å². The second kappa shape index (κ2) is 7.95. The number of carbonyl (C=O) groups is 2. The number of thioether (sulfide) groups is 1. The molecule has 26 heavy (non-hydrogen) atoms. The number of fused-ring (bicyclic) bond motifs is 1. The van der Waals surface area contributed by atoms with E-state index in [4.69, 9.17) is 4.52 Å². The normalized spacial score (nSPS) is 14.5. The zero-order valence-corrected chi connectivity index (χ0v) is 16.0. The lowest BCUT2D eigenvalue weighted by Gasteiger charge is -2.20. The summed E-state index contributed by atoms with van der Waals surface area (Å²) in [6.45, 7) is 5.77. The van der Waals surface area contributed by atoms with Crippen molar-refractivity contribution in [3.05, 3.63) is 46.3 Å². The maximum absolute atomic E-state index is 12.2. The van der Waals surface area contributed by atoms with Crippen molar-refractivity contribution in [1.29, 1.82) is 0 Å². The van der Waals surface area contributed by atoms with E-state index in [0.29, 0.717) is 17.9 Å². The Morgan fingerprint density at radius 2 is 2.19 bits per heavy atom. The Labute approximate surface area is 157 Å². The zero-order valence-electron chi connectivity index (χ0n) is 15.2. The van der Waals surface area contributed by atoms with Crippen molar-refractivity contribution in [2.24, 2.45) is 0 Å². The van der Waals surface area contributed by atoms with Crippen LogP contribution in [0, 0.1) is 13.8 Å². The van der Waals surface area contributed by atoms with E-state index in [1.54, 1.807) is 11.8 Å². The highest BCUT2D eigenvalue weighted by atomic mass is 32.2. The molecule has 0 saturated carbocycles. The number of aromatic nitrogens is 1. The number of amides is 2. The Morgan fingerprint density at radius 1 is 1.38 bits per heavy atom. The summed E-state index contributed by atoms with van der Waals surface area (Å²) in [7, 11) is 0. The third kappa shape index (κ3) is 4.27. The van der Waals surface area contributed by atoms with Gasteiger partial charge in [-0.3, -0.25) is 9.59 Å². The van der Waals surface area contributed by atoms with Gasteiger partial charge in [0.25, 0.3) is 0 Å². The molecule has 2 aromatic rings. The highest BCUT2D eigenvalue weighted by Gasteiger charge is 2.17. The number of anilines is 1. The number of aryl methyl sites for hydroxylation is 3. The van der Waals surface area contributed by atoms with E-state index in [9.17, 15) is 9.59 Å². The van der Waals surface area contributed by atoms with E-state index in [-0.39, 0.29) is 17.9 Å². The summed E-state index contributed by atoms with van der Waals surface area (Å²) >= 11 is 1.55. The molecule has 0 saturated heterocycles. The number of hydrogen-bond donors (Lipinski definition) is 2. The molecule has 2 heterocycles. The summed E-state index contributed by atoms with van der Waals surface area (Å²) in [4.78, 5) is 23.7. The molecule has 0 spiro atoms. The number of carbonyl (C=O) groups excluding carboxylic acids is 2. The van der Waals surface area contributed by atoms with Gasteiger partial charge in [0.05, 0.1) is 17.5 Å². The van der Waals surface area contributed by atoms with Gasteiger partial charge in [0.1, 0.15) is 5.76 Å². The first-order valence-electron chi connectivity index (χ1n) is 8.65. The van der Waals surface area contributed by atoms with E-state index >= 15 is 0 Å². The summed E-state index contributed by atoms with van der Waals surface area (Å²) in [6.07, 6.45) is 1.25. The Hall–Kier alpha value is -2.28. The molecule has 1 aliphatic heterocycles. The standard InChI is InChI=1S/C19H23N3O3S/c1-11(14-4-6-17-15(8-14)5-7-18(23)21-17)20-19(24)10-26-9-16-12(2)22-25-13(16)3/h4,6,8,11H,5,7,9-10H2,1-3H3,(H,20,24)(H,21,23)/t11-/m1/s1. The van der Waals surface area contributed by atoms with Gasteiger partial charge in [0.2, 0.25) is 11.8 Å². The van der Waals surface area contributed by atoms with Crippen molar-refractivity contribution < 1.29 is 14.1 Å². The lowest BCUT2D eigenvalue weighted by molar-refractivity contribution is -0.119. The van der Waals surface area contributed by atoms with Crippen LogP contribution in [0.1, 0.15) is 47.5 Å². The van der Waals surface area contributed by atoms with E-state index in [2.05, 4.69) is 21.9 Å². The van der Waals surface area contributed by atoms with Crippen LogP contribution in [0.3, 0.4) is 0 Å². The molecule has 3 rings (SSSR count). The highest BCUT2D eigenvalue weighted by Crippen LogP contribution is 2.26. The molecule has 2 amide bonds. The van der Waals surface area contributed by atoms with Gasteiger partial charge in [-0.2, -0.15) is 0 Å². The van der Waals surface area contributed by atoms with Crippen molar-refractivity contribution in [2.75, 3.05) is 11.1 Å². The molecule has 7 heteroatoms. The van der Waals surface area contributed by atoms with Crippen molar-refractivity contribution in [2.45, 2.75) is 45.4 Å². The molecule has 0 aliphatic carbocycles. The fraction of sp³-hybridized carbons (Fsp3) is 0.421. The van der Waals surface area contributed by atoms with Gasteiger partial charge in [-0.05, 0) is 44.4 Å². The van der Waals surface area contributed by atoms with Gasteiger partial charge in [-0.25, -0.2) is 0 Å². The molecule has 6 nitrogen and oxygen atoms in total. The molecule has 0 unspecified atom stereocenters. The predicted molar refractivity (Wildman–Crippen MR) is 102 cm³/mol. The smallest absolute Gasteiger partial charge is 0.230 e. The first kappa shape index (κ1) is 18.5. The Balaban J connectivity index is 1.52. The van der Waals surface area contributed by atoms with Crippen LogP contribution in [0.4, 0.5) is 5.69 Å². The Kier molecular flexibility index (Phi) is 5.66. The summed E-state index contributed by atoms with van der Waals surface area (Å²) < 4.78 is 5.14. The molecule has 0 fully saturated rings.